The van der Waals surface area contributed by atoms with Crippen LogP contribution in [-0.4, -0.2) is 24.7 Å². The summed E-state index contributed by atoms with van der Waals surface area (Å²) in [5.41, 5.74) is 1.56. The summed E-state index contributed by atoms with van der Waals surface area (Å²) >= 11 is 3.43. The van der Waals surface area contributed by atoms with Gasteiger partial charge in [0.15, 0.2) is 5.76 Å². The van der Waals surface area contributed by atoms with Crippen molar-refractivity contribution in [1.29, 1.82) is 0 Å². The van der Waals surface area contributed by atoms with E-state index in [0.717, 1.165) is 21.8 Å². The van der Waals surface area contributed by atoms with Crippen molar-refractivity contribution < 1.29 is 13.9 Å². The fourth-order valence-electron chi connectivity index (χ4n) is 2.64. The lowest BCUT2D eigenvalue weighted by Crippen LogP contribution is -2.39. The number of aryl methyl sites for hydroxylation is 1. The fraction of sp³-hybridized carbons (Fsp3) is 0.312. The maximum Gasteiger partial charge on any atom is 0.287 e. The zero-order valence-electron chi connectivity index (χ0n) is 11.7. The first-order chi connectivity index (χ1) is 10.1. The number of halogens is 1. The van der Waals surface area contributed by atoms with E-state index in [-0.39, 0.29) is 18.1 Å². The van der Waals surface area contributed by atoms with E-state index < -0.39 is 0 Å². The van der Waals surface area contributed by atoms with E-state index >= 15 is 0 Å². The lowest BCUT2D eigenvalue weighted by molar-refractivity contribution is 0.0875. The van der Waals surface area contributed by atoms with Gasteiger partial charge in [0, 0.05) is 22.0 Å². The van der Waals surface area contributed by atoms with Crippen LogP contribution in [0.2, 0.25) is 0 Å². The van der Waals surface area contributed by atoms with E-state index in [0.29, 0.717) is 18.0 Å². The van der Waals surface area contributed by atoms with Crippen LogP contribution in [0, 0.1) is 6.92 Å². The van der Waals surface area contributed by atoms with Crippen molar-refractivity contribution in [2.24, 2.45) is 0 Å². The first-order valence-corrected chi connectivity index (χ1v) is 7.63. The zero-order valence-corrected chi connectivity index (χ0v) is 13.3. The molecule has 0 spiro atoms. The molecule has 1 aromatic carbocycles. The summed E-state index contributed by atoms with van der Waals surface area (Å²) in [5, 5.41) is 3.91. The molecule has 0 saturated carbocycles. The van der Waals surface area contributed by atoms with Crippen molar-refractivity contribution in [3.63, 3.8) is 0 Å². The van der Waals surface area contributed by atoms with Crippen molar-refractivity contribution in [3.05, 3.63) is 46.7 Å². The van der Waals surface area contributed by atoms with Crippen LogP contribution in [0.4, 0.5) is 0 Å². The Morgan fingerprint density at radius 1 is 1.52 bits per heavy atom. The predicted molar refractivity (Wildman–Crippen MR) is 84.5 cm³/mol. The van der Waals surface area contributed by atoms with Crippen molar-refractivity contribution in [2.75, 3.05) is 6.61 Å². The predicted octanol–water partition coefficient (Wildman–Crippen LogP) is 3.58. The van der Waals surface area contributed by atoms with Crippen LogP contribution in [0.3, 0.4) is 0 Å². The maximum atomic E-state index is 12.4. The average molecular weight is 350 g/mol. The SMILES string of the molecule is C=C[C@@H]1OCC[C@H]1NC(=O)c1oc2ccc(Br)cc2c1C. The van der Waals surface area contributed by atoms with Gasteiger partial charge in [-0.2, -0.15) is 0 Å². The lowest BCUT2D eigenvalue weighted by Gasteiger charge is -2.15. The van der Waals surface area contributed by atoms with E-state index in [1.165, 1.54) is 0 Å². The smallest absolute Gasteiger partial charge is 0.287 e. The van der Waals surface area contributed by atoms with Gasteiger partial charge in [-0.15, -0.1) is 6.58 Å². The molecular weight excluding hydrogens is 334 g/mol. The van der Waals surface area contributed by atoms with E-state index in [4.69, 9.17) is 9.15 Å². The molecule has 2 heterocycles. The first kappa shape index (κ1) is 14.4. The lowest BCUT2D eigenvalue weighted by atomic mass is 10.1. The minimum Gasteiger partial charge on any atom is -0.451 e. The Labute approximate surface area is 131 Å². The Morgan fingerprint density at radius 3 is 3.10 bits per heavy atom. The third kappa shape index (κ3) is 2.63. The zero-order chi connectivity index (χ0) is 15.0. The van der Waals surface area contributed by atoms with Gasteiger partial charge < -0.3 is 14.5 Å². The Kier molecular flexibility index (Phi) is 3.87. The number of benzene rings is 1. The second-order valence-electron chi connectivity index (χ2n) is 5.14. The molecule has 0 aliphatic carbocycles. The van der Waals surface area contributed by atoms with Gasteiger partial charge in [0.2, 0.25) is 0 Å². The molecule has 110 valence electrons. The van der Waals surface area contributed by atoms with E-state index in [1.807, 2.05) is 25.1 Å². The van der Waals surface area contributed by atoms with Crippen LogP contribution in [0.25, 0.3) is 11.0 Å². The topological polar surface area (TPSA) is 51.5 Å². The first-order valence-electron chi connectivity index (χ1n) is 6.84. The molecule has 1 fully saturated rings. The number of furan rings is 1. The van der Waals surface area contributed by atoms with Crippen LogP contribution in [-0.2, 0) is 4.74 Å². The van der Waals surface area contributed by atoms with Crippen molar-refractivity contribution in [3.8, 4) is 0 Å². The molecule has 2 atom stereocenters. The molecule has 1 aliphatic heterocycles. The monoisotopic (exact) mass is 349 g/mol. The Hall–Kier alpha value is -1.59. The summed E-state index contributed by atoms with van der Waals surface area (Å²) in [6.07, 6.45) is 2.38. The van der Waals surface area contributed by atoms with Crippen LogP contribution in [0.1, 0.15) is 22.5 Å². The molecule has 1 N–H and O–H groups in total. The van der Waals surface area contributed by atoms with Crippen molar-refractivity contribution in [1.82, 2.24) is 5.32 Å². The number of carbonyl (C=O) groups excluding carboxylic acids is 1. The molecule has 0 radical (unpaired) electrons. The molecule has 3 rings (SSSR count). The molecule has 1 aliphatic rings. The van der Waals surface area contributed by atoms with Gasteiger partial charge in [-0.3, -0.25) is 4.79 Å². The second-order valence-corrected chi connectivity index (χ2v) is 6.05. The Morgan fingerprint density at radius 2 is 2.33 bits per heavy atom. The number of nitrogens with one attached hydrogen (secondary N) is 1. The Balaban J connectivity index is 1.88. The van der Waals surface area contributed by atoms with Gasteiger partial charge in [0.05, 0.1) is 12.1 Å². The molecular formula is C16H16BrNO3. The Bertz CT molecular complexity index is 707. The third-order valence-electron chi connectivity index (χ3n) is 3.79. The van der Waals surface area contributed by atoms with Crippen LogP contribution in [0.15, 0.2) is 39.7 Å². The molecule has 2 aromatic rings. The quantitative estimate of drug-likeness (QED) is 0.861. The number of amides is 1. The van der Waals surface area contributed by atoms with Crippen LogP contribution in [0.5, 0.6) is 0 Å². The van der Waals surface area contributed by atoms with Gasteiger partial charge in [-0.25, -0.2) is 0 Å². The molecule has 0 unspecified atom stereocenters. The van der Waals surface area contributed by atoms with Gasteiger partial charge in [0.1, 0.15) is 5.58 Å². The summed E-state index contributed by atoms with van der Waals surface area (Å²) in [4.78, 5) is 12.4. The number of hydrogen-bond donors (Lipinski definition) is 1. The number of hydrogen-bond acceptors (Lipinski definition) is 3. The number of ether oxygens (including phenoxy) is 1. The van der Waals surface area contributed by atoms with E-state index in [1.54, 1.807) is 6.08 Å². The molecule has 5 heteroatoms. The molecule has 21 heavy (non-hydrogen) atoms. The summed E-state index contributed by atoms with van der Waals surface area (Å²) in [6, 6.07) is 5.66. The molecule has 1 saturated heterocycles. The van der Waals surface area contributed by atoms with Crippen molar-refractivity contribution >= 4 is 32.8 Å². The van der Waals surface area contributed by atoms with Gasteiger partial charge in [0.25, 0.3) is 5.91 Å². The van der Waals surface area contributed by atoms with E-state index in [9.17, 15) is 4.79 Å². The standard InChI is InChI=1S/C16H16BrNO3/c1-3-13-12(6-7-20-13)18-16(19)15-9(2)11-8-10(17)4-5-14(11)21-15/h3-5,8,12-13H,1,6-7H2,2H3,(H,18,19)/t12-,13+/m1/s1. The second kappa shape index (κ2) is 5.66. The van der Waals surface area contributed by atoms with Crippen LogP contribution < -0.4 is 5.32 Å². The highest BCUT2D eigenvalue weighted by Gasteiger charge is 2.29. The number of rotatable bonds is 3. The number of fused-ring (bicyclic) bond motifs is 1. The highest BCUT2D eigenvalue weighted by Crippen LogP contribution is 2.28. The van der Waals surface area contributed by atoms with Gasteiger partial charge in [-0.05, 0) is 31.5 Å². The molecule has 0 bridgehead atoms. The van der Waals surface area contributed by atoms with Crippen LogP contribution >= 0.6 is 15.9 Å². The fourth-order valence-corrected chi connectivity index (χ4v) is 3.00. The largest absolute Gasteiger partial charge is 0.451 e. The average Bonchev–Trinajstić information content (AvgIpc) is 3.04. The number of carbonyl (C=O) groups is 1. The minimum absolute atomic E-state index is 0.0469. The van der Waals surface area contributed by atoms with Gasteiger partial charge in [-0.1, -0.05) is 22.0 Å². The summed E-state index contributed by atoms with van der Waals surface area (Å²) in [6.45, 7) is 6.25. The van der Waals surface area contributed by atoms with Gasteiger partial charge >= 0.3 is 0 Å². The minimum atomic E-state index is -0.206. The maximum absolute atomic E-state index is 12.4. The highest BCUT2D eigenvalue weighted by atomic mass is 79.9. The third-order valence-corrected chi connectivity index (χ3v) is 4.28. The highest BCUT2D eigenvalue weighted by molar-refractivity contribution is 9.10. The normalized spacial score (nSPS) is 21.6. The molecule has 4 nitrogen and oxygen atoms in total. The van der Waals surface area contributed by atoms with Crippen molar-refractivity contribution in [2.45, 2.75) is 25.5 Å². The summed E-state index contributed by atoms with van der Waals surface area (Å²) < 4.78 is 12.1. The van der Waals surface area contributed by atoms with E-state index in [2.05, 4.69) is 27.8 Å². The summed E-state index contributed by atoms with van der Waals surface area (Å²) in [7, 11) is 0. The molecule has 1 aromatic heterocycles. The summed E-state index contributed by atoms with van der Waals surface area (Å²) in [5.74, 6) is 0.153. The molecule has 1 amide bonds.